The van der Waals surface area contributed by atoms with E-state index in [1.165, 1.54) is 58.3 Å². The second-order valence-electron chi connectivity index (χ2n) is 8.03. The number of hydrogen-bond acceptors (Lipinski definition) is 6. The number of carbonyl (C=O) groups excluding carboxylic acids is 2. The number of benzene rings is 1. The van der Waals surface area contributed by atoms with Gasteiger partial charge in [-0.2, -0.15) is 0 Å². The van der Waals surface area contributed by atoms with Gasteiger partial charge in [0, 0.05) is 12.5 Å². The second-order valence-corrected chi connectivity index (χ2v) is 8.03. The van der Waals surface area contributed by atoms with Gasteiger partial charge in [0.1, 0.15) is 17.9 Å². The summed E-state index contributed by atoms with van der Waals surface area (Å²) in [7, 11) is 0. The first kappa shape index (κ1) is 24.2. The highest BCUT2D eigenvalue weighted by atomic mass is 16.6. The van der Waals surface area contributed by atoms with Gasteiger partial charge >= 0.3 is 11.9 Å². The molecule has 0 saturated carbocycles. The highest BCUT2D eigenvalue weighted by Crippen LogP contribution is 2.41. The fraction of sp³-hybridized carbons (Fsp3) is 0.667. The van der Waals surface area contributed by atoms with Crippen molar-refractivity contribution in [1.29, 1.82) is 0 Å². The molecule has 6 nitrogen and oxygen atoms in total. The van der Waals surface area contributed by atoms with Crippen LogP contribution in [-0.4, -0.2) is 36.9 Å². The Labute approximate surface area is 179 Å². The molecule has 1 atom stereocenters. The molecule has 0 aliphatic carbocycles. The molecule has 30 heavy (non-hydrogen) atoms. The van der Waals surface area contributed by atoms with Crippen molar-refractivity contribution in [2.24, 2.45) is 0 Å². The lowest BCUT2D eigenvalue weighted by atomic mass is 9.93. The van der Waals surface area contributed by atoms with E-state index in [-0.39, 0.29) is 6.61 Å². The van der Waals surface area contributed by atoms with Gasteiger partial charge in [-0.25, -0.2) is 4.79 Å². The van der Waals surface area contributed by atoms with Gasteiger partial charge in [-0.1, -0.05) is 76.8 Å². The fourth-order valence-electron chi connectivity index (χ4n) is 3.79. The van der Waals surface area contributed by atoms with E-state index < -0.39 is 24.1 Å². The molecule has 0 unspecified atom stereocenters. The predicted molar refractivity (Wildman–Crippen MR) is 115 cm³/mol. The standard InChI is InChI=1S/C24H36O6/c1-3-4-5-6-7-8-9-10-11-12-16-28-21-15-13-14-20-22(21)23(27)30-24(20,17-25)18-29-19(2)26/h13-15,25H,3-12,16-18H2,1-2H3/t24-/m0/s1. The van der Waals surface area contributed by atoms with Crippen LogP contribution in [0.2, 0.25) is 0 Å². The second kappa shape index (κ2) is 12.6. The third-order valence-electron chi connectivity index (χ3n) is 5.53. The van der Waals surface area contributed by atoms with E-state index in [0.29, 0.717) is 23.5 Å². The van der Waals surface area contributed by atoms with Gasteiger partial charge in [0.25, 0.3) is 0 Å². The molecular weight excluding hydrogens is 384 g/mol. The van der Waals surface area contributed by atoms with Gasteiger partial charge in [-0.15, -0.1) is 0 Å². The molecular formula is C24H36O6. The zero-order valence-corrected chi connectivity index (χ0v) is 18.4. The molecule has 2 rings (SSSR count). The fourth-order valence-corrected chi connectivity index (χ4v) is 3.79. The molecule has 0 aromatic heterocycles. The van der Waals surface area contributed by atoms with Crippen molar-refractivity contribution in [2.45, 2.75) is 83.7 Å². The summed E-state index contributed by atoms with van der Waals surface area (Å²) >= 11 is 0. The van der Waals surface area contributed by atoms with E-state index in [1.807, 2.05) is 0 Å². The van der Waals surface area contributed by atoms with E-state index in [4.69, 9.17) is 14.2 Å². The lowest BCUT2D eigenvalue weighted by Gasteiger charge is -2.25. The van der Waals surface area contributed by atoms with Gasteiger partial charge < -0.3 is 19.3 Å². The molecule has 0 saturated heterocycles. The summed E-state index contributed by atoms with van der Waals surface area (Å²) < 4.78 is 16.3. The molecule has 0 fully saturated rings. The lowest BCUT2D eigenvalue weighted by Crippen LogP contribution is -2.36. The van der Waals surface area contributed by atoms with E-state index in [9.17, 15) is 14.7 Å². The molecule has 1 aromatic carbocycles. The SMILES string of the molecule is CCCCCCCCCCCCOc1cccc2c1C(=O)O[C@@]2(CO)COC(C)=O. The molecule has 0 amide bonds. The Morgan fingerprint density at radius 1 is 1.03 bits per heavy atom. The summed E-state index contributed by atoms with van der Waals surface area (Å²) in [4.78, 5) is 23.6. The van der Waals surface area contributed by atoms with E-state index >= 15 is 0 Å². The van der Waals surface area contributed by atoms with Gasteiger partial charge in [-0.05, 0) is 12.5 Å². The van der Waals surface area contributed by atoms with Crippen LogP contribution < -0.4 is 4.74 Å². The first-order valence-electron chi connectivity index (χ1n) is 11.3. The first-order valence-corrected chi connectivity index (χ1v) is 11.3. The van der Waals surface area contributed by atoms with E-state index in [0.717, 1.165) is 12.8 Å². The van der Waals surface area contributed by atoms with Crippen molar-refractivity contribution in [3.05, 3.63) is 29.3 Å². The Balaban J connectivity index is 1.79. The molecule has 1 aromatic rings. The maximum atomic E-state index is 12.5. The highest BCUT2D eigenvalue weighted by Gasteiger charge is 2.48. The summed E-state index contributed by atoms with van der Waals surface area (Å²) in [6, 6.07) is 5.19. The number of ether oxygens (including phenoxy) is 3. The molecule has 6 heteroatoms. The van der Waals surface area contributed by atoms with E-state index in [2.05, 4.69) is 6.92 Å². The number of fused-ring (bicyclic) bond motifs is 1. The zero-order chi connectivity index (χ0) is 21.8. The Hall–Kier alpha value is -2.08. The maximum Gasteiger partial charge on any atom is 0.343 e. The summed E-state index contributed by atoms with van der Waals surface area (Å²) in [5, 5.41) is 9.85. The minimum Gasteiger partial charge on any atom is -0.493 e. The number of rotatable bonds is 15. The van der Waals surface area contributed by atoms with Crippen LogP contribution in [0.3, 0.4) is 0 Å². The topological polar surface area (TPSA) is 82.1 Å². The number of cyclic esters (lactones) is 1. The van der Waals surface area contributed by atoms with Crippen LogP contribution in [0.4, 0.5) is 0 Å². The van der Waals surface area contributed by atoms with Crippen LogP contribution in [0, 0.1) is 0 Å². The zero-order valence-electron chi connectivity index (χ0n) is 18.4. The largest absolute Gasteiger partial charge is 0.493 e. The monoisotopic (exact) mass is 420 g/mol. The number of unbranched alkanes of at least 4 members (excludes halogenated alkanes) is 9. The molecule has 1 aliphatic rings. The molecule has 0 radical (unpaired) electrons. The maximum absolute atomic E-state index is 12.5. The summed E-state index contributed by atoms with van der Waals surface area (Å²) in [5.74, 6) is -0.614. The Bertz CT molecular complexity index is 686. The van der Waals surface area contributed by atoms with Crippen LogP contribution in [0.5, 0.6) is 5.75 Å². The molecule has 1 heterocycles. The van der Waals surface area contributed by atoms with Crippen molar-refractivity contribution >= 4 is 11.9 Å². The van der Waals surface area contributed by atoms with Crippen LogP contribution in [-0.2, 0) is 19.9 Å². The quantitative estimate of drug-likeness (QED) is 0.321. The van der Waals surface area contributed by atoms with Crippen LogP contribution in [0.25, 0.3) is 0 Å². The van der Waals surface area contributed by atoms with Gasteiger partial charge in [0.2, 0.25) is 0 Å². The van der Waals surface area contributed by atoms with Crippen molar-refractivity contribution in [3.8, 4) is 5.75 Å². The molecule has 1 N–H and O–H groups in total. The number of aliphatic hydroxyl groups excluding tert-OH is 1. The average molecular weight is 421 g/mol. The highest BCUT2D eigenvalue weighted by molar-refractivity contribution is 5.97. The predicted octanol–water partition coefficient (Wildman–Crippen LogP) is 4.91. The smallest absolute Gasteiger partial charge is 0.343 e. The minimum absolute atomic E-state index is 0.223. The summed E-state index contributed by atoms with van der Waals surface area (Å²) in [5.41, 5.74) is -0.559. The third kappa shape index (κ3) is 6.73. The van der Waals surface area contributed by atoms with Crippen molar-refractivity contribution in [3.63, 3.8) is 0 Å². The first-order chi connectivity index (χ1) is 14.5. The Morgan fingerprint density at radius 3 is 2.27 bits per heavy atom. The van der Waals surface area contributed by atoms with Crippen molar-refractivity contribution in [2.75, 3.05) is 19.8 Å². The van der Waals surface area contributed by atoms with Crippen molar-refractivity contribution < 1.29 is 28.9 Å². The van der Waals surface area contributed by atoms with Gasteiger partial charge in [0.15, 0.2) is 5.60 Å². The van der Waals surface area contributed by atoms with Crippen LogP contribution in [0.15, 0.2) is 18.2 Å². The molecule has 168 valence electrons. The lowest BCUT2D eigenvalue weighted by molar-refractivity contribution is -0.151. The number of carbonyl (C=O) groups is 2. The number of aliphatic hydroxyl groups is 1. The summed E-state index contributed by atoms with van der Waals surface area (Å²) in [6.45, 7) is 3.34. The molecule has 0 spiro atoms. The summed E-state index contributed by atoms with van der Waals surface area (Å²) in [6.07, 6.45) is 12.4. The van der Waals surface area contributed by atoms with Gasteiger partial charge in [-0.3, -0.25) is 4.79 Å². The number of hydrogen-bond donors (Lipinski definition) is 1. The number of esters is 2. The minimum atomic E-state index is -1.37. The van der Waals surface area contributed by atoms with Crippen molar-refractivity contribution in [1.82, 2.24) is 0 Å². The molecule has 1 aliphatic heterocycles. The Kier molecular flexibility index (Phi) is 10.1. The van der Waals surface area contributed by atoms with E-state index in [1.54, 1.807) is 18.2 Å². The normalized spacial score (nSPS) is 17.5. The average Bonchev–Trinajstić information content (AvgIpc) is 3.03. The third-order valence-corrected chi connectivity index (χ3v) is 5.53. The van der Waals surface area contributed by atoms with Gasteiger partial charge in [0.05, 0.1) is 13.2 Å². The Morgan fingerprint density at radius 2 is 1.67 bits per heavy atom. The molecule has 0 bridgehead atoms. The van der Waals surface area contributed by atoms with Crippen LogP contribution in [0.1, 0.15) is 94.0 Å². The van der Waals surface area contributed by atoms with Crippen LogP contribution >= 0.6 is 0 Å².